The highest BCUT2D eigenvalue weighted by atomic mass is 16.5. The van der Waals surface area contributed by atoms with Crippen molar-refractivity contribution in [1.29, 1.82) is 0 Å². The quantitative estimate of drug-likeness (QED) is 0.495. The van der Waals surface area contributed by atoms with Crippen molar-refractivity contribution < 1.29 is 19.4 Å². The summed E-state index contributed by atoms with van der Waals surface area (Å²) in [5, 5.41) is 9.30. The molecule has 0 amide bonds. The smallest absolute Gasteiger partial charge is 0.233 e. The molecule has 0 radical (unpaired) electrons. The van der Waals surface area contributed by atoms with Crippen molar-refractivity contribution in [3.8, 4) is 5.75 Å². The van der Waals surface area contributed by atoms with Crippen molar-refractivity contribution in [2.75, 3.05) is 6.61 Å². The molecule has 0 bridgehead atoms. The molecule has 0 atom stereocenters. The van der Waals surface area contributed by atoms with Gasteiger partial charge in [0.25, 0.3) is 0 Å². The molecule has 0 saturated heterocycles. The minimum absolute atomic E-state index is 0.187. The van der Waals surface area contributed by atoms with Crippen LogP contribution in [0.1, 0.15) is 44.5 Å². The summed E-state index contributed by atoms with van der Waals surface area (Å²) in [4.78, 5) is 11.7. The summed E-state index contributed by atoms with van der Waals surface area (Å²) in [7, 11) is 0. The topological polar surface area (TPSA) is 108 Å². The summed E-state index contributed by atoms with van der Waals surface area (Å²) in [6, 6.07) is 6.32. The van der Waals surface area contributed by atoms with Crippen LogP contribution in [0.15, 0.2) is 24.3 Å². The maximum absolute atomic E-state index is 11.7. The van der Waals surface area contributed by atoms with Crippen LogP contribution < -0.4 is 16.2 Å². The second-order valence-corrected chi connectivity index (χ2v) is 6.21. The lowest BCUT2D eigenvalue weighted by molar-refractivity contribution is 0.0231. The Kier molecular flexibility index (Phi) is 6.08. The largest absolute Gasteiger partial charge is 0.488 e. The second-order valence-electron chi connectivity index (χ2n) is 6.21. The van der Waals surface area contributed by atoms with Gasteiger partial charge in [0, 0.05) is 12.0 Å². The van der Waals surface area contributed by atoms with Crippen LogP contribution in [-0.4, -0.2) is 35.1 Å². The van der Waals surface area contributed by atoms with E-state index in [0.717, 1.165) is 6.42 Å². The molecular weight excluding hydrogens is 284 g/mol. The Morgan fingerprint density at radius 2 is 1.77 bits per heavy atom. The van der Waals surface area contributed by atoms with Crippen molar-refractivity contribution in [3.63, 3.8) is 0 Å². The van der Waals surface area contributed by atoms with E-state index in [2.05, 4.69) is 0 Å². The first kappa shape index (κ1) is 18.6. The fourth-order valence-electron chi connectivity index (χ4n) is 1.82. The molecule has 0 fully saturated rings. The Bertz CT molecular complexity index is 490. The maximum atomic E-state index is 11.7. The van der Waals surface area contributed by atoms with Crippen LogP contribution in [-0.2, 0) is 4.74 Å². The van der Waals surface area contributed by atoms with Gasteiger partial charge >= 0.3 is 0 Å². The van der Waals surface area contributed by atoms with Gasteiger partial charge in [-0.25, -0.2) is 0 Å². The SMILES string of the molecule is CC(C)OCCC(C)(C)Oc1ccc(C(=O)C(N)(N)O)cc1. The van der Waals surface area contributed by atoms with Crippen molar-refractivity contribution in [2.45, 2.75) is 51.7 Å². The summed E-state index contributed by atoms with van der Waals surface area (Å²) in [5.74, 6) is -2.50. The summed E-state index contributed by atoms with van der Waals surface area (Å²) in [6.45, 7) is 8.51. The Hall–Kier alpha value is -1.47. The number of ketones is 1. The monoisotopic (exact) mass is 310 g/mol. The Labute approximate surface area is 131 Å². The molecule has 22 heavy (non-hydrogen) atoms. The number of Topliss-reactive ketones (excluding diaryl/α,β-unsaturated/α-hetero) is 1. The lowest BCUT2D eigenvalue weighted by Crippen LogP contribution is -2.56. The molecular formula is C16H26N2O4. The molecule has 0 aromatic heterocycles. The van der Waals surface area contributed by atoms with Crippen LogP contribution in [0.5, 0.6) is 5.75 Å². The van der Waals surface area contributed by atoms with Gasteiger partial charge in [-0.1, -0.05) is 0 Å². The molecule has 5 N–H and O–H groups in total. The van der Waals surface area contributed by atoms with E-state index in [9.17, 15) is 9.90 Å². The first-order chi connectivity index (χ1) is 10.0. The van der Waals surface area contributed by atoms with Crippen LogP contribution in [0.3, 0.4) is 0 Å². The molecule has 6 nitrogen and oxygen atoms in total. The second kappa shape index (κ2) is 7.19. The highest BCUT2D eigenvalue weighted by Gasteiger charge is 2.27. The van der Waals surface area contributed by atoms with Gasteiger partial charge in [0.2, 0.25) is 11.6 Å². The molecule has 1 aromatic rings. The van der Waals surface area contributed by atoms with E-state index in [0.29, 0.717) is 12.4 Å². The van der Waals surface area contributed by atoms with E-state index < -0.39 is 17.2 Å². The fourth-order valence-corrected chi connectivity index (χ4v) is 1.82. The van der Waals surface area contributed by atoms with Crippen LogP contribution in [0, 0.1) is 0 Å². The summed E-state index contributed by atoms with van der Waals surface area (Å²) < 4.78 is 11.4. The number of aliphatic hydroxyl groups is 1. The maximum Gasteiger partial charge on any atom is 0.233 e. The number of ether oxygens (including phenoxy) is 2. The number of benzene rings is 1. The third kappa shape index (κ3) is 6.11. The van der Waals surface area contributed by atoms with Gasteiger partial charge < -0.3 is 14.6 Å². The molecule has 0 unspecified atom stereocenters. The Morgan fingerprint density at radius 1 is 1.23 bits per heavy atom. The average molecular weight is 310 g/mol. The number of hydrogen-bond donors (Lipinski definition) is 3. The van der Waals surface area contributed by atoms with Gasteiger partial charge in [-0.05, 0) is 52.0 Å². The van der Waals surface area contributed by atoms with Crippen LogP contribution in [0.25, 0.3) is 0 Å². The van der Waals surface area contributed by atoms with Gasteiger partial charge in [0.05, 0.1) is 12.7 Å². The lowest BCUT2D eigenvalue weighted by atomic mass is 10.0. The zero-order valence-electron chi connectivity index (χ0n) is 13.6. The van der Waals surface area contributed by atoms with E-state index in [1.54, 1.807) is 12.1 Å². The van der Waals surface area contributed by atoms with E-state index >= 15 is 0 Å². The first-order valence-electron chi connectivity index (χ1n) is 7.27. The first-order valence-corrected chi connectivity index (χ1v) is 7.27. The predicted octanol–water partition coefficient (Wildman–Crippen LogP) is 1.41. The highest BCUT2D eigenvalue weighted by molar-refractivity contribution is 6.01. The van der Waals surface area contributed by atoms with E-state index in [4.69, 9.17) is 20.9 Å². The molecule has 0 saturated carbocycles. The van der Waals surface area contributed by atoms with E-state index in [1.807, 2.05) is 27.7 Å². The number of carbonyl (C=O) groups is 1. The molecule has 0 spiro atoms. The van der Waals surface area contributed by atoms with Gasteiger partial charge in [-0.2, -0.15) is 0 Å². The minimum Gasteiger partial charge on any atom is -0.488 e. The number of nitrogens with two attached hydrogens (primary N) is 2. The highest BCUT2D eigenvalue weighted by Crippen LogP contribution is 2.22. The predicted molar refractivity (Wildman–Crippen MR) is 84.5 cm³/mol. The molecule has 0 heterocycles. The lowest BCUT2D eigenvalue weighted by Gasteiger charge is -2.27. The fraction of sp³-hybridized carbons (Fsp3) is 0.562. The van der Waals surface area contributed by atoms with Crippen molar-refractivity contribution in [3.05, 3.63) is 29.8 Å². The summed E-state index contributed by atoms with van der Waals surface area (Å²) >= 11 is 0. The van der Waals surface area contributed by atoms with Gasteiger partial charge in [-0.15, -0.1) is 0 Å². The zero-order valence-corrected chi connectivity index (χ0v) is 13.6. The van der Waals surface area contributed by atoms with Crippen molar-refractivity contribution >= 4 is 5.78 Å². The standard InChI is InChI=1S/C16H26N2O4/c1-11(2)21-10-9-15(3,4)22-13-7-5-12(6-8-13)14(19)16(17,18)20/h5-8,11,20H,9-10,17-18H2,1-4H3. The van der Waals surface area contributed by atoms with Crippen LogP contribution in [0.4, 0.5) is 0 Å². The Morgan fingerprint density at radius 3 is 2.23 bits per heavy atom. The zero-order chi connectivity index (χ0) is 17.0. The molecule has 0 aliphatic heterocycles. The van der Waals surface area contributed by atoms with Crippen LogP contribution >= 0.6 is 0 Å². The average Bonchev–Trinajstić information content (AvgIpc) is 2.36. The van der Waals surface area contributed by atoms with Gasteiger partial charge in [0.15, 0.2) is 0 Å². The minimum atomic E-state index is -2.37. The van der Waals surface area contributed by atoms with E-state index in [-0.39, 0.29) is 11.7 Å². The van der Waals surface area contributed by atoms with Crippen LogP contribution in [0.2, 0.25) is 0 Å². The number of hydrogen-bond acceptors (Lipinski definition) is 6. The number of carbonyl (C=O) groups excluding carboxylic acids is 1. The van der Waals surface area contributed by atoms with Crippen molar-refractivity contribution in [1.82, 2.24) is 0 Å². The van der Waals surface area contributed by atoms with Crippen molar-refractivity contribution in [2.24, 2.45) is 11.5 Å². The third-order valence-corrected chi connectivity index (χ3v) is 3.03. The number of rotatable bonds is 8. The Balaban J connectivity index is 2.65. The molecule has 124 valence electrons. The summed E-state index contributed by atoms with van der Waals surface area (Å²) in [6.07, 6.45) is 0.921. The van der Waals surface area contributed by atoms with Gasteiger partial charge in [-0.3, -0.25) is 16.3 Å². The molecule has 0 aliphatic rings. The summed E-state index contributed by atoms with van der Waals surface area (Å²) in [5.41, 5.74) is 10.2. The normalized spacial score (nSPS) is 12.5. The molecule has 1 rings (SSSR count). The molecule has 0 aliphatic carbocycles. The van der Waals surface area contributed by atoms with E-state index in [1.165, 1.54) is 12.1 Å². The third-order valence-electron chi connectivity index (χ3n) is 3.03. The molecule has 6 heteroatoms. The molecule has 1 aromatic carbocycles. The van der Waals surface area contributed by atoms with Gasteiger partial charge in [0.1, 0.15) is 11.4 Å².